The maximum atomic E-state index is 14.2. The van der Waals surface area contributed by atoms with E-state index in [0.29, 0.717) is 28.6 Å². The van der Waals surface area contributed by atoms with E-state index in [1.807, 2.05) is 20.8 Å². The van der Waals surface area contributed by atoms with E-state index < -0.39 is 23.5 Å². The van der Waals surface area contributed by atoms with Crippen molar-refractivity contribution in [1.82, 2.24) is 4.57 Å². The fraction of sp³-hybridized carbons (Fsp3) is 0.304. The number of phenols is 1. The fourth-order valence-corrected chi connectivity index (χ4v) is 3.81. The van der Waals surface area contributed by atoms with Crippen LogP contribution < -0.4 is 0 Å². The molecule has 0 spiro atoms. The third kappa shape index (κ3) is 3.50. The second kappa shape index (κ2) is 7.70. The Morgan fingerprint density at radius 2 is 1.76 bits per heavy atom. The summed E-state index contributed by atoms with van der Waals surface area (Å²) in [6.07, 6.45) is 0.613. The Balaban J connectivity index is 2.35. The van der Waals surface area contributed by atoms with Crippen LogP contribution in [0.3, 0.4) is 0 Å². The average molecular weight is 397 g/mol. The maximum absolute atomic E-state index is 14.2. The first-order chi connectivity index (χ1) is 13.7. The number of carboxylic acids is 1. The molecule has 0 bridgehead atoms. The topological polar surface area (TPSA) is 79.5 Å². The molecule has 0 radical (unpaired) electrons. The van der Waals surface area contributed by atoms with Gasteiger partial charge in [0.2, 0.25) is 0 Å². The molecule has 29 heavy (non-hydrogen) atoms. The summed E-state index contributed by atoms with van der Waals surface area (Å²) in [6.45, 7) is 7.29. The number of benzene rings is 2. The number of aromatic nitrogens is 1. The van der Waals surface area contributed by atoms with Crippen LogP contribution in [-0.2, 0) is 4.79 Å². The van der Waals surface area contributed by atoms with Crippen molar-refractivity contribution in [3.05, 3.63) is 64.6 Å². The summed E-state index contributed by atoms with van der Waals surface area (Å²) in [4.78, 5) is 25.4. The van der Waals surface area contributed by atoms with Gasteiger partial charge in [-0.05, 0) is 43.5 Å². The van der Waals surface area contributed by atoms with Crippen molar-refractivity contribution in [3.63, 3.8) is 0 Å². The lowest BCUT2D eigenvalue weighted by Crippen LogP contribution is -2.21. The number of nitrogens with zero attached hydrogens (tertiary/aromatic N) is 1. The van der Waals surface area contributed by atoms with E-state index in [2.05, 4.69) is 0 Å². The monoisotopic (exact) mass is 397 g/mol. The van der Waals surface area contributed by atoms with Gasteiger partial charge in [0.05, 0.1) is 11.4 Å². The van der Waals surface area contributed by atoms with Crippen molar-refractivity contribution in [2.24, 2.45) is 5.92 Å². The number of phenolic OH excluding ortho intramolecular Hbond substituents is 1. The van der Waals surface area contributed by atoms with Crippen molar-refractivity contribution in [2.45, 2.75) is 40.0 Å². The lowest BCUT2D eigenvalue weighted by Gasteiger charge is -2.20. The van der Waals surface area contributed by atoms with Gasteiger partial charge in [-0.15, -0.1) is 0 Å². The van der Waals surface area contributed by atoms with Gasteiger partial charge in [-0.2, -0.15) is 0 Å². The van der Waals surface area contributed by atoms with Crippen LogP contribution in [0.15, 0.2) is 36.4 Å². The second-order valence-electron chi connectivity index (χ2n) is 7.53. The lowest BCUT2D eigenvalue weighted by molar-refractivity contribution is -0.140. The highest BCUT2D eigenvalue weighted by atomic mass is 19.1. The van der Waals surface area contributed by atoms with Crippen LogP contribution in [0.2, 0.25) is 0 Å². The zero-order valence-electron chi connectivity index (χ0n) is 16.9. The van der Waals surface area contributed by atoms with Crippen molar-refractivity contribution in [1.29, 1.82) is 0 Å². The first-order valence-electron chi connectivity index (χ1n) is 9.54. The summed E-state index contributed by atoms with van der Waals surface area (Å²) in [6, 6.07) is 9.28. The van der Waals surface area contributed by atoms with Gasteiger partial charge in [0.1, 0.15) is 0 Å². The quantitative estimate of drug-likeness (QED) is 0.635. The minimum atomic E-state index is -1.02. The summed E-state index contributed by atoms with van der Waals surface area (Å²) in [5.74, 6) is -3.95. The first kappa shape index (κ1) is 20.6. The second-order valence-corrected chi connectivity index (χ2v) is 7.53. The van der Waals surface area contributed by atoms with Gasteiger partial charge in [-0.3, -0.25) is 14.2 Å². The summed E-state index contributed by atoms with van der Waals surface area (Å²) < 4.78 is 15.5. The highest BCUT2D eigenvalue weighted by Gasteiger charge is 2.33. The van der Waals surface area contributed by atoms with Crippen LogP contribution in [0, 0.1) is 25.6 Å². The van der Waals surface area contributed by atoms with Gasteiger partial charge in [-0.25, -0.2) is 4.39 Å². The van der Waals surface area contributed by atoms with Gasteiger partial charge in [-0.1, -0.05) is 38.0 Å². The number of hydrogen-bond donors (Lipinski definition) is 2. The smallest absolute Gasteiger partial charge is 0.311 e. The summed E-state index contributed by atoms with van der Waals surface area (Å²) in [5, 5.41) is 20.2. The number of fused-ring (bicyclic) bond motifs is 1. The minimum absolute atomic E-state index is 0.216. The molecule has 6 heteroatoms. The molecule has 0 saturated carbocycles. The predicted molar refractivity (Wildman–Crippen MR) is 109 cm³/mol. The van der Waals surface area contributed by atoms with Gasteiger partial charge in [0.25, 0.3) is 5.91 Å². The molecule has 2 N–H and O–H groups in total. The summed E-state index contributed by atoms with van der Waals surface area (Å²) in [5.41, 5.74) is 2.51. The largest absolute Gasteiger partial charge is 0.505 e. The molecule has 5 nitrogen and oxygen atoms in total. The number of carbonyl (C=O) groups excluding carboxylic acids is 1. The fourth-order valence-electron chi connectivity index (χ4n) is 3.81. The van der Waals surface area contributed by atoms with Gasteiger partial charge in [0.15, 0.2) is 11.6 Å². The number of halogens is 1. The Hall–Kier alpha value is -3.15. The molecular weight excluding hydrogens is 373 g/mol. The molecule has 2 atom stereocenters. The number of aromatic hydroxyl groups is 1. The van der Waals surface area contributed by atoms with E-state index >= 15 is 0 Å². The number of aliphatic carboxylic acids is 1. The molecule has 2 aromatic carbocycles. The molecule has 3 aromatic rings. The molecule has 152 valence electrons. The zero-order chi connectivity index (χ0) is 21.5. The van der Waals surface area contributed by atoms with E-state index in [-0.39, 0.29) is 17.3 Å². The van der Waals surface area contributed by atoms with E-state index in [1.54, 1.807) is 31.2 Å². The van der Waals surface area contributed by atoms with Gasteiger partial charge < -0.3 is 10.2 Å². The van der Waals surface area contributed by atoms with Crippen molar-refractivity contribution < 1.29 is 24.2 Å². The Bertz CT molecular complexity index is 1100. The van der Waals surface area contributed by atoms with E-state index in [1.165, 1.54) is 10.6 Å². The van der Waals surface area contributed by atoms with Crippen LogP contribution in [0.4, 0.5) is 4.39 Å². The minimum Gasteiger partial charge on any atom is -0.505 e. The SMILES string of the molecule is CC[C@@H](C)C(C(=O)O)c1c(C)n(C(=O)c2ccc(C)cc2)c2cc(F)c(O)cc12. The molecule has 1 heterocycles. The molecule has 0 aliphatic rings. The number of hydrogen-bond acceptors (Lipinski definition) is 3. The average Bonchev–Trinajstić information content (AvgIpc) is 2.93. The Morgan fingerprint density at radius 3 is 2.31 bits per heavy atom. The van der Waals surface area contributed by atoms with Crippen LogP contribution in [0.25, 0.3) is 10.9 Å². The van der Waals surface area contributed by atoms with Crippen molar-refractivity contribution in [3.8, 4) is 5.75 Å². The van der Waals surface area contributed by atoms with E-state index in [4.69, 9.17) is 0 Å². The molecule has 0 saturated heterocycles. The Labute approximate surface area is 168 Å². The number of carboxylic acid groups (broad SMARTS) is 1. The predicted octanol–water partition coefficient (Wildman–Crippen LogP) is 5.01. The number of aryl methyl sites for hydroxylation is 1. The molecular formula is C23H24FNO4. The highest BCUT2D eigenvalue weighted by Crippen LogP contribution is 2.39. The molecule has 3 rings (SSSR count). The van der Waals surface area contributed by atoms with Crippen molar-refractivity contribution in [2.75, 3.05) is 0 Å². The molecule has 0 fully saturated rings. The van der Waals surface area contributed by atoms with E-state index in [9.17, 15) is 24.2 Å². The number of rotatable bonds is 5. The van der Waals surface area contributed by atoms with E-state index in [0.717, 1.165) is 11.6 Å². The summed E-state index contributed by atoms with van der Waals surface area (Å²) in [7, 11) is 0. The van der Waals surface area contributed by atoms with Crippen molar-refractivity contribution >= 4 is 22.8 Å². The van der Waals surface area contributed by atoms with Gasteiger partial charge in [0, 0.05) is 22.7 Å². The molecule has 0 aliphatic heterocycles. The highest BCUT2D eigenvalue weighted by molar-refractivity contribution is 6.05. The molecule has 1 aromatic heterocycles. The third-order valence-corrected chi connectivity index (χ3v) is 5.61. The van der Waals surface area contributed by atoms with Crippen LogP contribution in [0.1, 0.15) is 53.4 Å². The zero-order valence-corrected chi connectivity index (χ0v) is 16.9. The Morgan fingerprint density at radius 1 is 1.14 bits per heavy atom. The molecule has 1 unspecified atom stereocenters. The van der Waals surface area contributed by atoms with Gasteiger partial charge >= 0.3 is 5.97 Å². The Kier molecular flexibility index (Phi) is 5.46. The number of carbonyl (C=O) groups is 2. The normalized spacial score (nSPS) is 13.4. The third-order valence-electron chi connectivity index (χ3n) is 5.61. The lowest BCUT2D eigenvalue weighted by atomic mass is 9.84. The van der Waals surface area contributed by atoms with Crippen LogP contribution >= 0.6 is 0 Å². The first-order valence-corrected chi connectivity index (χ1v) is 9.54. The molecule has 0 amide bonds. The van der Waals surface area contributed by atoms with Crippen LogP contribution in [0.5, 0.6) is 5.75 Å². The maximum Gasteiger partial charge on any atom is 0.311 e. The summed E-state index contributed by atoms with van der Waals surface area (Å²) >= 11 is 0. The molecule has 0 aliphatic carbocycles. The van der Waals surface area contributed by atoms with Crippen LogP contribution in [-0.4, -0.2) is 26.7 Å². The standard InChI is InChI=1S/C23H24FNO4/c1-5-13(3)20(23(28)29)21-14(4)25(18-11-17(24)19(26)10-16(18)21)22(27)15-8-6-12(2)7-9-15/h6-11,13,20,26H,5H2,1-4H3,(H,28,29)/t13-,20?/m1/s1.